The summed E-state index contributed by atoms with van der Waals surface area (Å²) in [6.07, 6.45) is 1.63. The third kappa shape index (κ3) is 4.02. The highest BCUT2D eigenvalue weighted by molar-refractivity contribution is 7.80. The quantitative estimate of drug-likeness (QED) is 0.682. The number of methoxy groups -OCH3 is 1. The Balaban J connectivity index is 1.52. The highest BCUT2D eigenvalue weighted by atomic mass is 32.1. The first kappa shape index (κ1) is 15.4. The molecule has 0 saturated carbocycles. The van der Waals surface area contributed by atoms with Gasteiger partial charge in [-0.3, -0.25) is 0 Å². The molecule has 0 bridgehead atoms. The van der Waals surface area contributed by atoms with Crippen LogP contribution in [0.25, 0.3) is 10.7 Å². The van der Waals surface area contributed by atoms with Gasteiger partial charge in [0.05, 0.1) is 30.4 Å². The summed E-state index contributed by atoms with van der Waals surface area (Å²) >= 11 is 6.77. The smallest absolute Gasteiger partial charge is 0.246 e. The van der Waals surface area contributed by atoms with Crippen molar-refractivity contribution < 1.29 is 9.26 Å². The number of rotatable bonds is 5. The number of ether oxygens (including phenoxy) is 1. The Morgan fingerprint density at radius 3 is 3.00 bits per heavy atom. The van der Waals surface area contributed by atoms with Crippen molar-refractivity contribution in [2.75, 3.05) is 12.4 Å². The van der Waals surface area contributed by atoms with E-state index < -0.39 is 0 Å². The molecule has 0 radical (unpaired) electrons. The molecule has 0 fully saturated rings. The number of nitrogens with zero attached hydrogens (tertiary/aromatic N) is 3. The van der Waals surface area contributed by atoms with Crippen LogP contribution in [0.3, 0.4) is 0 Å². The van der Waals surface area contributed by atoms with Gasteiger partial charge in [-0.25, -0.2) is 4.98 Å². The fraction of sp³-hybridized carbons (Fsp3) is 0.143. The zero-order chi connectivity index (χ0) is 16.1. The van der Waals surface area contributed by atoms with Gasteiger partial charge in [0.2, 0.25) is 17.6 Å². The van der Waals surface area contributed by atoms with Crippen LogP contribution in [0.4, 0.5) is 5.69 Å². The Bertz CT molecular complexity index is 771. The number of anilines is 1. The topological polar surface area (TPSA) is 85.1 Å². The van der Waals surface area contributed by atoms with Crippen molar-refractivity contribution in [3.63, 3.8) is 0 Å². The number of hydrogen-bond donors (Lipinski definition) is 2. The van der Waals surface area contributed by atoms with E-state index in [0.29, 0.717) is 29.3 Å². The maximum Gasteiger partial charge on any atom is 0.246 e. The summed E-state index contributed by atoms with van der Waals surface area (Å²) in [6.45, 7) is 0.341. The molecule has 3 rings (SSSR count). The van der Waals surface area contributed by atoms with Crippen LogP contribution in [0.1, 0.15) is 5.89 Å². The molecular weight excluding hydrogens is 334 g/mol. The number of hydrogen-bond acceptors (Lipinski definition) is 7. The van der Waals surface area contributed by atoms with Crippen molar-refractivity contribution in [3.8, 4) is 16.6 Å². The number of thiocarbonyl (C=S) groups is 1. The van der Waals surface area contributed by atoms with Crippen molar-refractivity contribution in [3.05, 3.63) is 41.7 Å². The lowest BCUT2D eigenvalue weighted by molar-refractivity contribution is 0.376. The average Bonchev–Trinajstić information content (AvgIpc) is 3.25. The minimum atomic E-state index is 0.341. The predicted molar refractivity (Wildman–Crippen MR) is 91.5 cm³/mol. The number of pyridine rings is 1. The lowest BCUT2D eigenvalue weighted by Gasteiger charge is -2.08. The molecule has 0 amide bonds. The number of aromatic nitrogens is 3. The van der Waals surface area contributed by atoms with E-state index in [9.17, 15) is 0 Å². The largest absolute Gasteiger partial charge is 0.481 e. The summed E-state index contributed by atoms with van der Waals surface area (Å²) < 4.78 is 10.2. The van der Waals surface area contributed by atoms with Gasteiger partial charge in [0, 0.05) is 6.07 Å². The minimum Gasteiger partial charge on any atom is -0.481 e. The summed E-state index contributed by atoms with van der Waals surface area (Å²) in [5.41, 5.74) is 0.758. The molecule has 9 heteroatoms. The fourth-order valence-corrected chi connectivity index (χ4v) is 2.58. The highest BCUT2D eigenvalue weighted by Gasteiger charge is 2.09. The van der Waals surface area contributed by atoms with Crippen molar-refractivity contribution in [2.24, 2.45) is 0 Å². The molecule has 0 spiro atoms. The molecule has 0 aromatic carbocycles. The second-order valence-corrected chi connectivity index (χ2v) is 5.74. The number of nitrogens with one attached hydrogen (secondary N) is 2. The summed E-state index contributed by atoms with van der Waals surface area (Å²) in [5.74, 6) is 1.59. The normalized spacial score (nSPS) is 10.3. The van der Waals surface area contributed by atoms with Gasteiger partial charge in [0.15, 0.2) is 5.11 Å². The van der Waals surface area contributed by atoms with Gasteiger partial charge in [0.25, 0.3) is 0 Å². The van der Waals surface area contributed by atoms with E-state index in [2.05, 4.69) is 25.8 Å². The van der Waals surface area contributed by atoms with Crippen LogP contribution in [0.2, 0.25) is 0 Å². The highest BCUT2D eigenvalue weighted by Crippen LogP contribution is 2.21. The molecule has 7 nitrogen and oxygen atoms in total. The van der Waals surface area contributed by atoms with Crippen molar-refractivity contribution in [1.29, 1.82) is 0 Å². The Morgan fingerprint density at radius 2 is 2.30 bits per heavy atom. The predicted octanol–water partition coefficient (Wildman–Crippen LogP) is 2.69. The van der Waals surface area contributed by atoms with Crippen LogP contribution >= 0.6 is 23.6 Å². The van der Waals surface area contributed by atoms with Crippen molar-refractivity contribution in [2.45, 2.75) is 6.54 Å². The van der Waals surface area contributed by atoms with Crippen LogP contribution in [-0.2, 0) is 6.54 Å². The maximum atomic E-state index is 5.21. The first-order chi connectivity index (χ1) is 11.2. The van der Waals surface area contributed by atoms with Crippen LogP contribution in [-0.4, -0.2) is 27.3 Å². The van der Waals surface area contributed by atoms with E-state index in [1.165, 1.54) is 0 Å². The molecular formula is C14H13N5O2S2. The second-order valence-electron chi connectivity index (χ2n) is 4.39. The van der Waals surface area contributed by atoms with E-state index in [0.717, 1.165) is 10.6 Å². The lowest BCUT2D eigenvalue weighted by atomic mass is 10.4. The molecule has 0 aliphatic rings. The van der Waals surface area contributed by atoms with Crippen LogP contribution in [0.15, 0.2) is 40.4 Å². The van der Waals surface area contributed by atoms with Crippen LogP contribution in [0, 0.1) is 0 Å². The van der Waals surface area contributed by atoms with Crippen molar-refractivity contribution in [1.82, 2.24) is 20.4 Å². The zero-order valence-corrected chi connectivity index (χ0v) is 13.8. The van der Waals surface area contributed by atoms with E-state index in [4.69, 9.17) is 21.5 Å². The second kappa shape index (κ2) is 7.16. The molecule has 3 heterocycles. The first-order valence-corrected chi connectivity index (χ1v) is 7.95. The molecule has 118 valence electrons. The third-order valence-electron chi connectivity index (χ3n) is 2.81. The van der Waals surface area contributed by atoms with Gasteiger partial charge in [-0.15, -0.1) is 11.3 Å². The van der Waals surface area contributed by atoms with Crippen LogP contribution in [0.5, 0.6) is 5.88 Å². The molecule has 23 heavy (non-hydrogen) atoms. The molecule has 0 aliphatic carbocycles. The van der Waals surface area contributed by atoms with E-state index in [1.54, 1.807) is 30.7 Å². The zero-order valence-electron chi connectivity index (χ0n) is 12.1. The van der Waals surface area contributed by atoms with E-state index >= 15 is 0 Å². The standard InChI is InChI=1S/C14H13N5O2S2/c1-20-11-5-4-9(7-15-11)17-14(22)16-8-12-18-13(19-21-12)10-3-2-6-23-10/h2-7H,8H2,1H3,(H2,16,17,22). The SMILES string of the molecule is COc1ccc(NC(=S)NCc2nc(-c3cccs3)no2)cn1. The molecule has 2 N–H and O–H groups in total. The minimum absolute atomic E-state index is 0.341. The van der Waals surface area contributed by atoms with Crippen LogP contribution < -0.4 is 15.4 Å². The van der Waals surface area contributed by atoms with E-state index in [1.807, 2.05) is 23.6 Å². The molecule has 0 saturated heterocycles. The molecule has 0 unspecified atom stereocenters. The molecule has 3 aromatic rings. The van der Waals surface area contributed by atoms with Gasteiger partial charge in [0.1, 0.15) is 0 Å². The molecule has 0 aliphatic heterocycles. The Morgan fingerprint density at radius 1 is 1.39 bits per heavy atom. The molecule has 3 aromatic heterocycles. The maximum absolute atomic E-state index is 5.21. The Labute approximate surface area is 141 Å². The first-order valence-electron chi connectivity index (χ1n) is 6.66. The summed E-state index contributed by atoms with van der Waals surface area (Å²) in [7, 11) is 1.57. The third-order valence-corrected chi connectivity index (χ3v) is 3.93. The fourth-order valence-electron chi connectivity index (χ4n) is 1.74. The van der Waals surface area contributed by atoms with Gasteiger partial charge >= 0.3 is 0 Å². The lowest BCUT2D eigenvalue weighted by Crippen LogP contribution is -2.28. The van der Waals surface area contributed by atoms with E-state index in [-0.39, 0.29) is 0 Å². The van der Waals surface area contributed by atoms with Gasteiger partial charge in [-0.05, 0) is 29.7 Å². The summed E-state index contributed by atoms with van der Waals surface area (Å²) in [6, 6.07) is 7.45. The molecule has 0 atom stereocenters. The Hall–Kier alpha value is -2.52. The van der Waals surface area contributed by atoms with Gasteiger partial charge < -0.3 is 19.9 Å². The number of thiophene rings is 1. The average molecular weight is 347 g/mol. The summed E-state index contributed by atoms with van der Waals surface area (Å²) in [4.78, 5) is 9.36. The van der Waals surface area contributed by atoms with Gasteiger partial charge in [-0.2, -0.15) is 4.98 Å². The monoisotopic (exact) mass is 347 g/mol. The summed E-state index contributed by atoms with van der Waals surface area (Å²) in [5, 5.41) is 12.4. The van der Waals surface area contributed by atoms with Gasteiger partial charge in [-0.1, -0.05) is 11.2 Å². The van der Waals surface area contributed by atoms with Crippen molar-refractivity contribution >= 4 is 34.4 Å². The Kier molecular flexibility index (Phi) is 4.79.